The van der Waals surface area contributed by atoms with Crippen molar-refractivity contribution in [2.24, 2.45) is 0 Å². The first-order valence-corrected chi connectivity index (χ1v) is 11.7. The summed E-state index contributed by atoms with van der Waals surface area (Å²) in [5.74, 6) is 1.78. The Balaban J connectivity index is 1.19. The van der Waals surface area contributed by atoms with Gasteiger partial charge in [0, 0.05) is 26.2 Å². The highest BCUT2D eigenvalue weighted by Gasteiger charge is 2.23. The van der Waals surface area contributed by atoms with E-state index in [0.29, 0.717) is 32.7 Å². The molecule has 34 heavy (non-hydrogen) atoms. The molecule has 3 aromatic carbocycles. The van der Waals surface area contributed by atoms with Crippen molar-refractivity contribution >= 4 is 16.7 Å². The highest BCUT2D eigenvalue weighted by Crippen LogP contribution is 2.20. The molecule has 4 aromatic rings. The van der Waals surface area contributed by atoms with E-state index < -0.39 is 0 Å². The van der Waals surface area contributed by atoms with Crippen molar-refractivity contribution in [1.82, 2.24) is 30.0 Å². The number of benzene rings is 3. The fourth-order valence-corrected chi connectivity index (χ4v) is 4.43. The maximum atomic E-state index is 13.0. The molecule has 0 bridgehead atoms. The van der Waals surface area contributed by atoms with Crippen molar-refractivity contribution in [3.05, 3.63) is 78.1 Å². The summed E-state index contributed by atoms with van der Waals surface area (Å²) in [6, 6.07) is 22.1. The molecule has 0 spiro atoms. The van der Waals surface area contributed by atoms with Crippen molar-refractivity contribution in [2.75, 3.05) is 32.8 Å². The Kier molecular flexibility index (Phi) is 6.49. The molecular weight excluding hydrogens is 428 g/mol. The molecule has 0 N–H and O–H groups in total. The topological polar surface area (TPSA) is 76.4 Å². The van der Waals surface area contributed by atoms with Crippen molar-refractivity contribution in [3.63, 3.8) is 0 Å². The largest absolute Gasteiger partial charge is 0.494 e. The minimum absolute atomic E-state index is 0.176. The SMILES string of the molecule is CCOc1ccc(-n2nnnc2CN2CCN(C(=O)Cc3cccc4ccccc34)CC2)cc1. The van der Waals surface area contributed by atoms with E-state index in [1.54, 1.807) is 4.68 Å². The molecule has 174 valence electrons. The number of hydrogen-bond acceptors (Lipinski definition) is 6. The van der Waals surface area contributed by atoms with Crippen LogP contribution in [0.25, 0.3) is 16.5 Å². The standard InChI is InChI=1S/C26H28N6O2/c1-2-34-23-12-10-22(11-13-23)32-25(27-28-29-32)19-30-14-16-31(17-15-30)26(33)18-21-8-5-7-20-6-3-4-9-24(20)21/h3-13H,2,14-19H2,1H3. The number of rotatable bonds is 7. The maximum Gasteiger partial charge on any atom is 0.227 e. The molecule has 1 aliphatic heterocycles. The molecule has 0 unspecified atom stereocenters. The fourth-order valence-electron chi connectivity index (χ4n) is 4.43. The summed E-state index contributed by atoms with van der Waals surface area (Å²) in [6.07, 6.45) is 0.428. The second-order valence-corrected chi connectivity index (χ2v) is 8.41. The molecule has 5 rings (SSSR count). The second-order valence-electron chi connectivity index (χ2n) is 8.41. The van der Waals surface area contributed by atoms with Gasteiger partial charge in [0.2, 0.25) is 5.91 Å². The predicted molar refractivity (Wildman–Crippen MR) is 130 cm³/mol. The first-order chi connectivity index (χ1) is 16.7. The van der Waals surface area contributed by atoms with Crippen molar-refractivity contribution in [2.45, 2.75) is 19.9 Å². The molecular formula is C26H28N6O2. The average Bonchev–Trinajstić information content (AvgIpc) is 3.33. The van der Waals surface area contributed by atoms with Crippen molar-refractivity contribution in [1.29, 1.82) is 0 Å². The Morgan fingerprint density at radius 3 is 2.50 bits per heavy atom. The second kappa shape index (κ2) is 10.0. The van der Waals surface area contributed by atoms with Crippen LogP contribution in [-0.2, 0) is 17.8 Å². The molecule has 0 aliphatic carbocycles. The van der Waals surface area contributed by atoms with Gasteiger partial charge in [-0.05, 0) is 58.0 Å². The summed E-state index contributed by atoms with van der Waals surface area (Å²) in [7, 11) is 0. The van der Waals surface area contributed by atoms with Gasteiger partial charge in [0.25, 0.3) is 0 Å². The van der Waals surface area contributed by atoms with E-state index in [1.807, 2.05) is 54.3 Å². The van der Waals surface area contributed by atoms with Gasteiger partial charge in [-0.2, -0.15) is 4.68 Å². The lowest BCUT2D eigenvalue weighted by Gasteiger charge is -2.34. The number of ether oxygens (including phenoxy) is 1. The zero-order valence-corrected chi connectivity index (χ0v) is 19.3. The van der Waals surface area contributed by atoms with E-state index in [-0.39, 0.29) is 5.91 Å². The number of amides is 1. The number of hydrogen-bond donors (Lipinski definition) is 0. The highest BCUT2D eigenvalue weighted by atomic mass is 16.5. The third-order valence-electron chi connectivity index (χ3n) is 6.24. The van der Waals surface area contributed by atoms with E-state index in [9.17, 15) is 4.79 Å². The van der Waals surface area contributed by atoms with Gasteiger partial charge >= 0.3 is 0 Å². The Bertz CT molecular complexity index is 1260. The van der Waals surface area contributed by atoms with Crippen LogP contribution in [0.3, 0.4) is 0 Å². The molecule has 1 amide bonds. The molecule has 0 saturated carbocycles. The molecule has 1 saturated heterocycles. The lowest BCUT2D eigenvalue weighted by atomic mass is 10.0. The molecule has 0 radical (unpaired) electrons. The number of fused-ring (bicyclic) bond motifs is 1. The monoisotopic (exact) mass is 456 g/mol. The Morgan fingerprint density at radius 2 is 1.71 bits per heavy atom. The van der Waals surface area contributed by atoms with Crippen LogP contribution in [0, 0.1) is 0 Å². The van der Waals surface area contributed by atoms with Crippen LogP contribution in [0.1, 0.15) is 18.3 Å². The number of piperazine rings is 1. The summed E-state index contributed by atoms with van der Waals surface area (Å²) in [4.78, 5) is 17.3. The molecule has 8 nitrogen and oxygen atoms in total. The number of tetrazole rings is 1. The Hall–Kier alpha value is -3.78. The zero-order chi connectivity index (χ0) is 23.3. The molecule has 2 heterocycles. The predicted octanol–water partition coefficient (Wildman–Crippen LogP) is 3.10. The van der Waals surface area contributed by atoms with Gasteiger partial charge < -0.3 is 9.64 Å². The summed E-state index contributed by atoms with van der Waals surface area (Å²) in [6.45, 7) is 6.21. The summed E-state index contributed by atoms with van der Waals surface area (Å²) in [5.41, 5.74) is 1.98. The zero-order valence-electron chi connectivity index (χ0n) is 19.3. The van der Waals surface area contributed by atoms with Crippen LogP contribution in [0.2, 0.25) is 0 Å². The summed E-state index contributed by atoms with van der Waals surface area (Å²) < 4.78 is 7.27. The van der Waals surface area contributed by atoms with Gasteiger partial charge in [-0.3, -0.25) is 9.69 Å². The Labute approximate surface area is 198 Å². The molecule has 1 aromatic heterocycles. The summed E-state index contributed by atoms with van der Waals surface area (Å²) >= 11 is 0. The normalized spacial score (nSPS) is 14.4. The van der Waals surface area contributed by atoms with Crippen LogP contribution in [0.5, 0.6) is 5.75 Å². The van der Waals surface area contributed by atoms with E-state index >= 15 is 0 Å². The first-order valence-electron chi connectivity index (χ1n) is 11.7. The number of nitrogens with zero attached hydrogens (tertiary/aromatic N) is 6. The third kappa shape index (κ3) is 4.77. The van der Waals surface area contributed by atoms with Gasteiger partial charge in [-0.25, -0.2) is 0 Å². The van der Waals surface area contributed by atoms with E-state index in [1.165, 1.54) is 5.39 Å². The lowest BCUT2D eigenvalue weighted by Crippen LogP contribution is -2.49. The number of aromatic nitrogens is 4. The van der Waals surface area contributed by atoms with Crippen molar-refractivity contribution in [3.8, 4) is 11.4 Å². The molecule has 1 aliphatic rings. The third-order valence-corrected chi connectivity index (χ3v) is 6.24. The van der Waals surface area contributed by atoms with E-state index in [2.05, 4.69) is 44.7 Å². The lowest BCUT2D eigenvalue weighted by molar-refractivity contribution is -0.132. The van der Waals surface area contributed by atoms with Crippen LogP contribution in [-0.4, -0.2) is 68.7 Å². The minimum atomic E-state index is 0.176. The van der Waals surface area contributed by atoms with Gasteiger partial charge in [0.1, 0.15) is 5.75 Å². The highest BCUT2D eigenvalue weighted by molar-refractivity contribution is 5.90. The first kappa shape index (κ1) is 22.0. The molecule has 0 atom stereocenters. The van der Waals surface area contributed by atoms with Crippen LogP contribution in [0.4, 0.5) is 0 Å². The van der Waals surface area contributed by atoms with E-state index in [0.717, 1.165) is 41.3 Å². The minimum Gasteiger partial charge on any atom is -0.494 e. The van der Waals surface area contributed by atoms with Gasteiger partial charge in [-0.1, -0.05) is 42.5 Å². The van der Waals surface area contributed by atoms with E-state index in [4.69, 9.17) is 4.74 Å². The van der Waals surface area contributed by atoms with Crippen LogP contribution >= 0.6 is 0 Å². The Morgan fingerprint density at radius 1 is 0.941 bits per heavy atom. The average molecular weight is 457 g/mol. The van der Waals surface area contributed by atoms with Crippen LogP contribution in [0.15, 0.2) is 66.7 Å². The molecule has 8 heteroatoms. The van der Waals surface area contributed by atoms with Gasteiger partial charge in [-0.15, -0.1) is 5.10 Å². The maximum absolute atomic E-state index is 13.0. The van der Waals surface area contributed by atoms with Gasteiger partial charge in [0.15, 0.2) is 5.82 Å². The molecule has 1 fully saturated rings. The smallest absolute Gasteiger partial charge is 0.227 e. The number of carbonyl (C=O) groups excluding carboxylic acids is 1. The number of carbonyl (C=O) groups is 1. The fraction of sp³-hybridized carbons (Fsp3) is 0.308. The van der Waals surface area contributed by atoms with Crippen LogP contribution < -0.4 is 4.74 Å². The summed E-state index contributed by atoms with van der Waals surface area (Å²) in [5, 5.41) is 14.6. The van der Waals surface area contributed by atoms with Gasteiger partial charge in [0.05, 0.1) is 25.3 Å². The van der Waals surface area contributed by atoms with Crippen molar-refractivity contribution < 1.29 is 9.53 Å². The quantitative estimate of drug-likeness (QED) is 0.425.